The van der Waals surface area contributed by atoms with Crippen LogP contribution >= 0.6 is 15.9 Å². The lowest BCUT2D eigenvalue weighted by molar-refractivity contribution is -0.384. The molecule has 0 atom stereocenters. The maximum Gasteiger partial charge on any atom is 0.282 e. The van der Waals surface area contributed by atoms with Gasteiger partial charge in [-0.25, -0.2) is 4.98 Å². The van der Waals surface area contributed by atoms with E-state index >= 15 is 0 Å². The fraction of sp³-hybridized carbons (Fsp3) is 0.0690. The molecule has 0 fully saturated rings. The monoisotopic (exact) mass is 584 g/mol. The van der Waals surface area contributed by atoms with Crippen molar-refractivity contribution in [1.29, 1.82) is 0 Å². The van der Waals surface area contributed by atoms with Gasteiger partial charge < -0.3 is 9.47 Å². The van der Waals surface area contributed by atoms with Crippen LogP contribution in [0.15, 0.2) is 105 Å². The van der Waals surface area contributed by atoms with E-state index in [-0.39, 0.29) is 17.9 Å². The van der Waals surface area contributed by atoms with Crippen molar-refractivity contribution in [2.24, 2.45) is 5.10 Å². The highest BCUT2D eigenvalue weighted by molar-refractivity contribution is 9.10. The van der Waals surface area contributed by atoms with E-state index in [1.807, 2.05) is 36.4 Å². The molecule has 0 aliphatic heterocycles. The number of nitro groups is 1. The van der Waals surface area contributed by atoms with Crippen LogP contribution < -0.4 is 15.0 Å². The summed E-state index contributed by atoms with van der Waals surface area (Å²) in [5.74, 6) is 1.33. The Morgan fingerprint density at radius 3 is 2.46 bits per heavy atom. The summed E-state index contributed by atoms with van der Waals surface area (Å²) >= 11 is 3.53. The summed E-state index contributed by atoms with van der Waals surface area (Å²) in [4.78, 5) is 28.5. The summed E-state index contributed by atoms with van der Waals surface area (Å²) in [7, 11) is 1.52. The molecule has 10 heteroatoms. The number of nitrogens with zero attached hydrogens (tertiary/aromatic N) is 4. The Labute approximate surface area is 231 Å². The lowest BCUT2D eigenvalue weighted by Gasteiger charge is -2.14. The molecule has 194 valence electrons. The Morgan fingerprint density at radius 1 is 1.03 bits per heavy atom. The predicted octanol–water partition coefficient (Wildman–Crippen LogP) is 6.20. The minimum atomic E-state index is -0.449. The molecule has 0 spiro atoms. The lowest BCUT2D eigenvalue weighted by atomic mass is 10.2. The zero-order chi connectivity index (χ0) is 27.4. The van der Waals surface area contributed by atoms with Crippen molar-refractivity contribution in [3.8, 4) is 22.9 Å². The number of fused-ring (bicyclic) bond motifs is 1. The SMILES string of the molecule is COc1cc(C=Nn2c(-c3ccccc3)nc3ccccc3c2=O)cc(Br)c1OCc1ccc([N+](=O)[O-])cc1. The third kappa shape index (κ3) is 5.55. The molecule has 1 aromatic heterocycles. The molecule has 1 heterocycles. The molecule has 0 bridgehead atoms. The maximum absolute atomic E-state index is 13.4. The van der Waals surface area contributed by atoms with Crippen molar-refractivity contribution in [2.75, 3.05) is 7.11 Å². The van der Waals surface area contributed by atoms with Crippen molar-refractivity contribution >= 4 is 38.7 Å². The molecule has 5 rings (SSSR count). The molecule has 4 aromatic carbocycles. The van der Waals surface area contributed by atoms with E-state index in [4.69, 9.17) is 14.5 Å². The Kier molecular flexibility index (Phi) is 7.46. The predicted molar refractivity (Wildman–Crippen MR) is 153 cm³/mol. The minimum absolute atomic E-state index is 0.0114. The molecule has 39 heavy (non-hydrogen) atoms. The van der Waals surface area contributed by atoms with Gasteiger partial charge in [-0.2, -0.15) is 9.78 Å². The van der Waals surface area contributed by atoms with E-state index in [0.717, 1.165) is 11.1 Å². The van der Waals surface area contributed by atoms with Gasteiger partial charge in [-0.3, -0.25) is 14.9 Å². The Balaban J connectivity index is 1.47. The summed E-state index contributed by atoms with van der Waals surface area (Å²) in [6, 6.07) is 26.2. The first-order valence-corrected chi connectivity index (χ1v) is 12.6. The number of hydrogen-bond donors (Lipinski definition) is 0. The van der Waals surface area contributed by atoms with E-state index in [1.165, 1.54) is 23.9 Å². The summed E-state index contributed by atoms with van der Waals surface area (Å²) < 4.78 is 13.4. The lowest BCUT2D eigenvalue weighted by Crippen LogP contribution is -2.20. The number of aromatic nitrogens is 2. The molecule has 9 nitrogen and oxygen atoms in total. The van der Waals surface area contributed by atoms with E-state index in [2.05, 4.69) is 21.0 Å². The Morgan fingerprint density at radius 2 is 1.74 bits per heavy atom. The molecule has 0 radical (unpaired) electrons. The molecule has 5 aromatic rings. The highest BCUT2D eigenvalue weighted by Gasteiger charge is 2.14. The molecule has 0 aliphatic rings. The third-order valence-corrected chi connectivity index (χ3v) is 6.48. The van der Waals surface area contributed by atoms with Crippen LogP contribution in [0.25, 0.3) is 22.3 Å². The van der Waals surface area contributed by atoms with Crippen molar-refractivity contribution in [1.82, 2.24) is 9.66 Å². The normalized spacial score (nSPS) is 11.1. The maximum atomic E-state index is 13.4. The molecule has 0 saturated carbocycles. The molecule has 0 unspecified atom stereocenters. The van der Waals surface area contributed by atoms with E-state index in [1.54, 1.807) is 48.7 Å². The second-order valence-corrected chi connectivity index (χ2v) is 9.28. The van der Waals surface area contributed by atoms with Crippen molar-refractivity contribution in [2.45, 2.75) is 6.61 Å². The highest BCUT2D eigenvalue weighted by Crippen LogP contribution is 2.37. The van der Waals surface area contributed by atoms with Gasteiger partial charge in [-0.15, -0.1) is 0 Å². The van der Waals surface area contributed by atoms with Gasteiger partial charge in [-0.05, 0) is 63.5 Å². The Hall–Kier alpha value is -4.83. The average Bonchev–Trinajstić information content (AvgIpc) is 2.96. The fourth-order valence-electron chi connectivity index (χ4n) is 3.95. The number of ether oxygens (including phenoxy) is 2. The van der Waals surface area contributed by atoms with Gasteiger partial charge in [0.05, 0.1) is 33.6 Å². The number of hydrogen-bond acceptors (Lipinski definition) is 7. The molecule has 0 amide bonds. The Bertz CT molecular complexity index is 1750. The second-order valence-electron chi connectivity index (χ2n) is 8.43. The molecule has 0 N–H and O–H groups in total. The molecular weight excluding hydrogens is 564 g/mol. The number of methoxy groups -OCH3 is 1. The van der Waals surface area contributed by atoms with Crippen molar-refractivity contribution in [3.05, 3.63) is 127 Å². The van der Waals surface area contributed by atoms with Crippen LogP contribution in [-0.4, -0.2) is 27.9 Å². The third-order valence-electron chi connectivity index (χ3n) is 5.89. The molecular formula is C29H21BrN4O5. The first-order chi connectivity index (χ1) is 18.9. The largest absolute Gasteiger partial charge is 0.493 e. The van der Waals surface area contributed by atoms with Crippen LogP contribution in [0, 0.1) is 10.1 Å². The van der Waals surface area contributed by atoms with Gasteiger partial charge in [0.25, 0.3) is 11.2 Å². The number of rotatable bonds is 8. The van der Waals surface area contributed by atoms with Crippen LogP contribution in [0.5, 0.6) is 11.5 Å². The molecule has 0 saturated heterocycles. The van der Waals surface area contributed by atoms with E-state index in [9.17, 15) is 14.9 Å². The van der Waals surface area contributed by atoms with Gasteiger partial charge in [0.2, 0.25) is 0 Å². The van der Waals surface area contributed by atoms with E-state index in [0.29, 0.717) is 38.3 Å². The fourth-order valence-corrected chi connectivity index (χ4v) is 4.53. The van der Waals surface area contributed by atoms with Gasteiger partial charge in [0.15, 0.2) is 17.3 Å². The smallest absolute Gasteiger partial charge is 0.282 e. The average molecular weight is 585 g/mol. The van der Waals surface area contributed by atoms with Gasteiger partial charge in [0, 0.05) is 17.7 Å². The number of non-ortho nitro benzene ring substituents is 1. The van der Waals surface area contributed by atoms with Crippen LogP contribution in [0.1, 0.15) is 11.1 Å². The quantitative estimate of drug-likeness (QED) is 0.122. The minimum Gasteiger partial charge on any atom is -0.493 e. The van der Waals surface area contributed by atoms with Crippen molar-refractivity contribution in [3.63, 3.8) is 0 Å². The zero-order valence-corrected chi connectivity index (χ0v) is 22.2. The standard InChI is InChI=1S/C29H21BrN4O5/c1-38-26-16-20(15-24(30)27(26)39-18-19-11-13-22(14-12-19)34(36)37)17-31-33-28(21-7-3-2-4-8-21)32-25-10-6-5-9-23(25)29(33)35/h2-17H,18H2,1H3. The number of benzene rings is 4. The highest BCUT2D eigenvalue weighted by atomic mass is 79.9. The second kappa shape index (κ2) is 11.3. The zero-order valence-electron chi connectivity index (χ0n) is 20.7. The van der Waals surface area contributed by atoms with Gasteiger partial charge in [-0.1, -0.05) is 42.5 Å². The van der Waals surface area contributed by atoms with Crippen LogP contribution in [0.4, 0.5) is 5.69 Å². The van der Waals surface area contributed by atoms with Crippen LogP contribution in [-0.2, 0) is 6.61 Å². The summed E-state index contributed by atoms with van der Waals surface area (Å²) in [6.45, 7) is 0.180. The van der Waals surface area contributed by atoms with Gasteiger partial charge in [0.1, 0.15) is 6.61 Å². The summed E-state index contributed by atoms with van der Waals surface area (Å²) in [5, 5.41) is 15.9. The number of nitro benzene ring substituents is 1. The summed E-state index contributed by atoms with van der Waals surface area (Å²) in [5.41, 5.74) is 2.48. The first kappa shape index (κ1) is 25.8. The number of para-hydroxylation sites is 1. The molecule has 0 aliphatic carbocycles. The summed E-state index contributed by atoms with van der Waals surface area (Å²) in [6.07, 6.45) is 1.55. The van der Waals surface area contributed by atoms with Crippen LogP contribution in [0.2, 0.25) is 0 Å². The topological polar surface area (TPSA) is 109 Å². The number of halogens is 1. The first-order valence-electron chi connectivity index (χ1n) is 11.8. The van der Waals surface area contributed by atoms with Gasteiger partial charge >= 0.3 is 0 Å². The van der Waals surface area contributed by atoms with E-state index < -0.39 is 4.92 Å². The van der Waals surface area contributed by atoms with Crippen LogP contribution in [0.3, 0.4) is 0 Å². The van der Waals surface area contributed by atoms with Crippen molar-refractivity contribution < 1.29 is 14.4 Å².